The molecular formula is C22H15Br2ClN6O2S. The van der Waals surface area contributed by atoms with Crippen molar-refractivity contribution in [3.63, 3.8) is 0 Å². The van der Waals surface area contributed by atoms with Gasteiger partial charge in [0, 0.05) is 38.7 Å². The molecule has 2 aromatic heterocycles. The van der Waals surface area contributed by atoms with E-state index in [0.29, 0.717) is 26.0 Å². The zero-order valence-corrected chi connectivity index (χ0v) is 21.9. The minimum Gasteiger partial charge on any atom is -0.506 e. The highest BCUT2D eigenvalue weighted by molar-refractivity contribution is 9.11. The molecule has 2 N–H and O–H groups in total. The third-order valence-corrected chi connectivity index (χ3v) is 6.68. The Balaban J connectivity index is 1.50. The van der Waals surface area contributed by atoms with Gasteiger partial charge in [-0.05, 0) is 64.5 Å². The lowest BCUT2D eigenvalue weighted by Crippen LogP contribution is -2.20. The third kappa shape index (κ3) is 5.84. The molecule has 2 heterocycles. The lowest BCUT2D eigenvalue weighted by atomic mass is 10.2. The van der Waals surface area contributed by atoms with E-state index in [-0.39, 0.29) is 17.4 Å². The molecule has 0 fully saturated rings. The van der Waals surface area contributed by atoms with E-state index in [4.69, 9.17) is 11.6 Å². The van der Waals surface area contributed by atoms with Gasteiger partial charge in [-0.25, -0.2) is 5.43 Å². The lowest BCUT2D eigenvalue weighted by molar-refractivity contribution is -0.118. The maximum atomic E-state index is 12.4. The molecule has 34 heavy (non-hydrogen) atoms. The predicted molar refractivity (Wildman–Crippen MR) is 140 cm³/mol. The Bertz CT molecular complexity index is 1350. The first kappa shape index (κ1) is 24.4. The molecule has 8 nitrogen and oxygen atoms in total. The molecule has 4 rings (SSSR count). The number of nitrogens with one attached hydrogen (secondary N) is 1. The fourth-order valence-electron chi connectivity index (χ4n) is 2.89. The van der Waals surface area contributed by atoms with Crippen LogP contribution in [0.4, 0.5) is 0 Å². The van der Waals surface area contributed by atoms with Gasteiger partial charge in [0.25, 0.3) is 5.91 Å². The number of hydrazone groups is 1. The van der Waals surface area contributed by atoms with Crippen molar-refractivity contribution < 1.29 is 9.90 Å². The molecule has 12 heteroatoms. The average Bonchev–Trinajstić information content (AvgIpc) is 3.26. The summed E-state index contributed by atoms with van der Waals surface area (Å²) in [4.78, 5) is 16.4. The van der Waals surface area contributed by atoms with Crippen molar-refractivity contribution in [3.8, 4) is 22.8 Å². The molecule has 0 unspecified atom stereocenters. The summed E-state index contributed by atoms with van der Waals surface area (Å²) in [5.41, 5.74) is 4.54. The van der Waals surface area contributed by atoms with Crippen LogP contribution in [0.25, 0.3) is 17.1 Å². The fourth-order valence-corrected chi connectivity index (χ4v) is 5.02. The zero-order chi connectivity index (χ0) is 24.1. The molecule has 0 aliphatic carbocycles. The molecule has 0 saturated carbocycles. The normalized spacial score (nSPS) is 11.1. The summed E-state index contributed by atoms with van der Waals surface area (Å²) in [5, 5.41) is 23.8. The molecule has 0 atom stereocenters. The third-order valence-electron chi connectivity index (χ3n) is 4.44. The summed E-state index contributed by atoms with van der Waals surface area (Å²) < 4.78 is 3.12. The number of hydrogen-bond acceptors (Lipinski definition) is 7. The van der Waals surface area contributed by atoms with E-state index in [2.05, 4.69) is 57.6 Å². The largest absolute Gasteiger partial charge is 0.506 e. The van der Waals surface area contributed by atoms with Gasteiger partial charge in [0.15, 0.2) is 11.0 Å². The van der Waals surface area contributed by atoms with Crippen molar-refractivity contribution in [2.24, 2.45) is 5.10 Å². The van der Waals surface area contributed by atoms with Gasteiger partial charge in [-0.3, -0.25) is 14.3 Å². The van der Waals surface area contributed by atoms with Crippen molar-refractivity contribution in [1.29, 1.82) is 0 Å². The van der Waals surface area contributed by atoms with Crippen LogP contribution < -0.4 is 5.43 Å². The first-order chi connectivity index (χ1) is 16.4. The highest BCUT2D eigenvalue weighted by Gasteiger charge is 2.17. The van der Waals surface area contributed by atoms with Crippen molar-refractivity contribution in [2.45, 2.75) is 5.16 Å². The van der Waals surface area contributed by atoms with Gasteiger partial charge in [-0.2, -0.15) is 5.10 Å². The monoisotopic (exact) mass is 620 g/mol. The van der Waals surface area contributed by atoms with Crippen LogP contribution in [-0.4, -0.2) is 42.7 Å². The number of amides is 1. The number of carbonyl (C=O) groups is 1. The molecule has 172 valence electrons. The Hall–Kier alpha value is -2.73. The number of pyridine rings is 1. The van der Waals surface area contributed by atoms with Gasteiger partial charge in [0.1, 0.15) is 5.75 Å². The number of rotatable bonds is 7. The Morgan fingerprint density at radius 1 is 1.15 bits per heavy atom. The number of hydrogen-bond donors (Lipinski definition) is 2. The van der Waals surface area contributed by atoms with E-state index in [1.807, 2.05) is 28.8 Å². The highest BCUT2D eigenvalue weighted by atomic mass is 79.9. The minimum absolute atomic E-state index is 0.0234. The van der Waals surface area contributed by atoms with Gasteiger partial charge in [0.2, 0.25) is 0 Å². The van der Waals surface area contributed by atoms with Crippen molar-refractivity contribution in [3.05, 3.63) is 80.5 Å². The highest BCUT2D eigenvalue weighted by Crippen LogP contribution is 2.31. The summed E-state index contributed by atoms with van der Waals surface area (Å²) in [6, 6.07) is 14.3. The summed E-state index contributed by atoms with van der Waals surface area (Å²) in [6.45, 7) is 0. The van der Waals surface area contributed by atoms with Crippen LogP contribution in [0, 0.1) is 0 Å². The molecule has 0 aliphatic heterocycles. The van der Waals surface area contributed by atoms with Crippen LogP contribution >= 0.6 is 55.2 Å². The van der Waals surface area contributed by atoms with Crippen LogP contribution in [-0.2, 0) is 4.79 Å². The van der Waals surface area contributed by atoms with Gasteiger partial charge < -0.3 is 5.11 Å². The topological polar surface area (TPSA) is 105 Å². The van der Waals surface area contributed by atoms with Gasteiger partial charge in [-0.15, -0.1) is 10.2 Å². The second-order valence-electron chi connectivity index (χ2n) is 6.76. The molecular weight excluding hydrogens is 608 g/mol. The van der Waals surface area contributed by atoms with E-state index in [1.54, 1.807) is 36.7 Å². The van der Waals surface area contributed by atoms with Crippen molar-refractivity contribution in [1.82, 2.24) is 25.2 Å². The van der Waals surface area contributed by atoms with Crippen LogP contribution in [0.2, 0.25) is 5.02 Å². The van der Waals surface area contributed by atoms with Crippen LogP contribution in [0.1, 0.15) is 5.56 Å². The molecule has 0 radical (unpaired) electrons. The summed E-state index contributed by atoms with van der Waals surface area (Å²) in [6.07, 6.45) is 4.72. The number of nitrogens with zero attached hydrogens (tertiary/aromatic N) is 5. The number of thioether (sulfide) groups is 1. The second kappa shape index (κ2) is 11.1. The fraction of sp³-hybridized carbons (Fsp3) is 0.0455. The number of benzene rings is 2. The number of carbonyl (C=O) groups excluding carboxylic acids is 1. The minimum atomic E-state index is -0.342. The first-order valence-electron chi connectivity index (χ1n) is 9.67. The maximum Gasteiger partial charge on any atom is 0.250 e. The number of halogens is 3. The second-order valence-corrected chi connectivity index (χ2v) is 9.91. The maximum absolute atomic E-state index is 12.4. The number of phenols is 1. The summed E-state index contributed by atoms with van der Waals surface area (Å²) in [7, 11) is 0. The molecule has 0 saturated heterocycles. The molecule has 0 bridgehead atoms. The molecule has 0 spiro atoms. The Labute approximate surface area is 220 Å². The Morgan fingerprint density at radius 2 is 1.88 bits per heavy atom. The average molecular weight is 623 g/mol. The quantitative estimate of drug-likeness (QED) is 0.161. The smallest absolute Gasteiger partial charge is 0.250 e. The van der Waals surface area contributed by atoms with Crippen molar-refractivity contribution in [2.75, 3.05) is 5.75 Å². The van der Waals surface area contributed by atoms with Gasteiger partial charge in [0.05, 0.1) is 16.4 Å². The van der Waals surface area contributed by atoms with E-state index in [0.717, 1.165) is 15.7 Å². The molecule has 0 aliphatic rings. The van der Waals surface area contributed by atoms with Gasteiger partial charge in [-0.1, -0.05) is 39.3 Å². The lowest BCUT2D eigenvalue weighted by Gasteiger charge is -2.10. The number of aromatic nitrogens is 4. The van der Waals surface area contributed by atoms with Crippen LogP contribution in [0.5, 0.6) is 5.75 Å². The van der Waals surface area contributed by atoms with Crippen LogP contribution in [0.15, 0.2) is 80.1 Å². The van der Waals surface area contributed by atoms with Gasteiger partial charge >= 0.3 is 0 Å². The Kier molecular flexibility index (Phi) is 7.99. The SMILES string of the molecule is O=C(CSc1nnc(-c2ccncc2)n1-c1ccc(Cl)cc1)N/N=C/c1cc(Br)cc(Br)c1O. The first-order valence-corrected chi connectivity index (χ1v) is 12.6. The summed E-state index contributed by atoms with van der Waals surface area (Å²) in [5.74, 6) is 0.343. The number of aromatic hydroxyl groups is 1. The standard InChI is InChI=1S/C22H15Br2ClN6O2S/c23-15-9-14(20(33)18(24)10-15)11-27-28-19(32)12-34-22-30-29-21(13-5-7-26-8-6-13)31(22)17-3-1-16(25)2-4-17/h1-11,33H,12H2,(H,28,32)/b27-11+. The van der Waals surface area contributed by atoms with E-state index in [1.165, 1.54) is 18.0 Å². The Morgan fingerprint density at radius 3 is 2.62 bits per heavy atom. The molecule has 4 aromatic rings. The van der Waals surface area contributed by atoms with E-state index >= 15 is 0 Å². The molecule has 1 amide bonds. The van der Waals surface area contributed by atoms with E-state index < -0.39 is 0 Å². The predicted octanol–water partition coefficient (Wildman–Crippen LogP) is 5.46. The van der Waals surface area contributed by atoms with Crippen LogP contribution in [0.3, 0.4) is 0 Å². The summed E-state index contributed by atoms with van der Waals surface area (Å²) >= 11 is 13.9. The van der Waals surface area contributed by atoms with Crippen molar-refractivity contribution >= 4 is 67.3 Å². The zero-order valence-electron chi connectivity index (χ0n) is 17.2. The van der Waals surface area contributed by atoms with E-state index in [9.17, 15) is 9.90 Å². The number of phenolic OH excluding ortho intramolecular Hbond substituents is 1. The molecule has 2 aromatic carbocycles.